The molecule has 0 saturated heterocycles. The Labute approximate surface area is 130 Å². The fraction of sp³-hybridized carbons (Fsp3) is 0.214. The molecule has 2 aromatic rings. The average Bonchev–Trinajstić information content (AvgIpc) is 2.48. The molecule has 0 saturated carbocycles. The molecule has 2 N–H and O–H groups in total. The fourth-order valence-electron chi connectivity index (χ4n) is 1.70. The van der Waals surface area contributed by atoms with Crippen LogP contribution in [0.25, 0.3) is 0 Å². The van der Waals surface area contributed by atoms with Crippen molar-refractivity contribution in [3.05, 3.63) is 46.6 Å². The Balaban J connectivity index is 2.22. The van der Waals surface area contributed by atoms with Gasteiger partial charge in [0.15, 0.2) is 5.82 Å². The monoisotopic (exact) mass is 352 g/mol. The maximum Gasteiger partial charge on any atom is 0.259 e. The van der Waals surface area contributed by atoms with Gasteiger partial charge in [0.2, 0.25) is 0 Å². The van der Waals surface area contributed by atoms with Gasteiger partial charge >= 0.3 is 0 Å². The van der Waals surface area contributed by atoms with Crippen LogP contribution in [0.3, 0.4) is 0 Å². The fourth-order valence-corrected chi connectivity index (χ4v) is 1.91. The van der Waals surface area contributed by atoms with Crippen LogP contribution in [0.15, 0.2) is 35.2 Å². The summed E-state index contributed by atoms with van der Waals surface area (Å²) in [5, 5.41) is 5.52. The summed E-state index contributed by atoms with van der Waals surface area (Å²) in [7, 11) is 0. The molecule has 0 spiro atoms. The highest BCUT2D eigenvalue weighted by Gasteiger charge is 2.15. The number of aromatic nitrogens is 2. The third kappa shape index (κ3) is 3.98. The maximum atomic E-state index is 13.8. The molecule has 0 radical (unpaired) electrons. The van der Waals surface area contributed by atoms with Gasteiger partial charge in [0.1, 0.15) is 10.4 Å². The summed E-state index contributed by atoms with van der Waals surface area (Å²) in [6.07, 6.45) is 3.71. The number of nitrogens with one attached hydrogen (secondary N) is 2. The lowest BCUT2D eigenvalue weighted by atomic mass is 10.1. The maximum absolute atomic E-state index is 13.8. The van der Waals surface area contributed by atoms with Crippen LogP contribution in [0.1, 0.15) is 23.7 Å². The third-order valence-electron chi connectivity index (χ3n) is 2.67. The molecule has 0 unspecified atom stereocenters. The Morgan fingerprint density at radius 2 is 2.14 bits per heavy atom. The zero-order valence-electron chi connectivity index (χ0n) is 11.4. The highest BCUT2D eigenvalue weighted by Crippen LogP contribution is 2.21. The number of nitrogens with zero attached hydrogens (tertiary/aromatic N) is 2. The quantitative estimate of drug-likeness (QED) is 0.864. The van der Waals surface area contributed by atoms with Crippen molar-refractivity contribution in [3.63, 3.8) is 0 Å². The molecule has 7 heteroatoms. The van der Waals surface area contributed by atoms with Gasteiger partial charge in [-0.2, -0.15) is 0 Å². The van der Waals surface area contributed by atoms with E-state index in [1.165, 1.54) is 24.5 Å². The number of benzene rings is 1. The Bertz CT molecular complexity index is 633. The Morgan fingerprint density at radius 3 is 2.81 bits per heavy atom. The largest absolute Gasteiger partial charge is 0.382 e. The number of anilines is 2. The van der Waals surface area contributed by atoms with Crippen LogP contribution in [-0.2, 0) is 0 Å². The van der Waals surface area contributed by atoms with Crippen LogP contribution < -0.4 is 10.6 Å². The lowest BCUT2D eigenvalue weighted by molar-refractivity contribution is 0.102. The lowest BCUT2D eigenvalue weighted by Crippen LogP contribution is -2.17. The van der Waals surface area contributed by atoms with E-state index in [1.54, 1.807) is 6.07 Å². The summed E-state index contributed by atoms with van der Waals surface area (Å²) in [5.41, 5.74) is 0.426. The summed E-state index contributed by atoms with van der Waals surface area (Å²) in [4.78, 5) is 20.2. The first-order valence-corrected chi connectivity index (χ1v) is 7.22. The number of para-hydroxylation sites is 1. The van der Waals surface area contributed by atoms with E-state index in [0.29, 0.717) is 17.0 Å². The van der Waals surface area contributed by atoms with Crippen molar-refractivity contribution in [1.82, 2.24) is 9.97 Å². The predicted molar refractivity (Wildman–Crippen MR) is 82.9 cm³/mol. The van der Waals surface area contributed by atoms with E-state index in [0.717, 1.165) is 6.42 Å². The smallest absolute Gasteiger partial charge is 0.259 e. The first kappa shape index (κ1) is 15.4. The highest BCUT2D eigenvalue weighted by molar-refractivity contribution is 9.10. The first-order valence-electron chi connectivity index (χ1n) is 6.43. The number of hydrogen-bond donors (Lipinski definition) is 2. The van der Waals surface area contributed by atoms with Gasteiger partial charge in [0, 0.05) is 6.54 Å². The molecule has 110 valence electrons. The molecule has 21 heavy (non-hydrogen) atoms. The minimum Gasteiger partial charge on any atom is -0.382 e. The summed E-state index contributed by atoms with van der Waals surface area (Å²) in [6, 6.07) is 4.37. The van der Waals surface area contributed by atoms with Gasteiger partial charge in [0.25, 0.3) is 5.91 Å². The van der Waals surface area contributed by atoms with Crippen molar-refractivity contribution >= 4 is 33.3 Å². The second kappa shape index (κ2) is 7.12. The van der Waals surface area contributed by atoms with E-state index < -0.39 is 11.7 Å². The first-order chi connectivity index (χ1) is 10.1. The van der Waals surface area contributed by atoms with Gasteiger partial charge in [0.05, 0.1) is 23.6 Å². The van der Waals surface area contributed by atoms with E-state index in [1.807, 2.05) is 6.92 Å². The van der Waals surface area contributed by atoms with Crippen molar-refractivity contribution in [1.29, 1.82) is 0 Å². The molecule has 2 rings (SSSR count). The summed E-state index contributed by atoms with van der Waals surface area (Å²) in [6.45, 7) is 2.55. The SMILES string of the molecule is CCCNc1c(F)cccc1C(=O)Nc1cnc(Br)cn1. The molecular weight excluding hydrogens is 339 g/mol. The number of halogens is 2. The minimum absolute atomic E-state index is 0.196. The van der Waals surface area contributed by atoms with Crippen molar-refractivity contribution in [2.24, 2.45) is 0 Å². The van der Waals surface area contributed by atoms with Gasteiger partial charge in [-0.25, -0.2) is 14.4 Å². The number of rotatable bonds is 5. The summed E-state index contributed by atoms with van der Waals surface area (Å²) >= 11 is 3.16. The van der Waals surface area contributed by atoms with E-state index in [-0.39, 0.29) is 11.3 Å². The minimum atomic E-state index is -0.460. The summed E-state index contributed by atoms with van der Waals surface area (Å²) < 4.78 is 14.4. The molecule has 0 aliphatic carbocycles. The van der Waals surface area contributed by atoms with Crippen LogP contribution in [0.2, 0.25) is 0 Å². The van der Waals surface area contributed by atoms with Crippen LogP contribution >= 0.6 is 15.9 Å². The van der Waals surface area contributed by atoms with Gasteiger partial charge in [-0.15, -0.1) is 0 Å². The third-order valence-corrected chi connectivity index (χ3v) is 3.08. The molecule has 0 aliphatic heterocycles. The van der Waals surface area contributed by atoms with E-state index >= 15 is 0 Å². The second-order valence-electron chi connectivity index (χ2n) is 4.27. The zero-order valence-corrected chi connectivity index (χ0v) is 12.9. The zero-order chi connectivity index (χ0) is 15.2. The predicted octanol–water partition coefficient (Wildman–Crippen LogP) is 3.45. The standard InChI is InChI=1S/C14H14BrFN4O/c1-2-6-17-13-9(4-3-5-10(13)16)14(21)20-12-8-18-11(15)7-19-12/h3-5,7-8,17H,2,6H2,1H3,(H,19,20,21). The summed E-state index contributed by atoms with van der Waals surface area (Å²) in [5.74, 6) is -0.600. The van der Waals surface area contributed by atoms with Crippen molar-refractivity contribution in [3.8, 4) is 0 Å². The van der Waals surface area contributed by atoms with E-state index in [4.69, 9.17) is 0 Å². The van der Waals surface area contributed by atoms with Crippen molar-refractivity contribution < 1.29 is 9.18 Å². The molecule has 0 atom stereocenters. The van der Waals surface area contributed by atoms with Crippen LogP contribution in [0.5, 0.6) is 0 Å². The van der Waals surface area contributed by atoms with E-state index in [9.17, 15) is 9.18 Å². The molecule has 1 aromatic heterocycles. The molecule has 0 fully saturated rings. The van der Waals surface area contributed by atoms with Gasteiger partial charge in [-0.05, 0) is 34.5 Å². The molecule has 1 amide bonds. The Hall–Kier alpha value is -2.02. The van der Waals surface area contributed by atoms with Gasteiger partial charge in [-0.3, -0.25) is 4.79 Å². The second-order valence-corrected chi connectivity index (χ2v) is 5.08. The van der Waals surface area contributed by atoms with Gasteiger partial charge < -0.3 is 10.6 Å². The Kier molecular flexibility index (Phi) is 5.21. The molecule has 0 bridgehead atoms. The molecule has 1 aromatic carbocycles. The number of amides is 1. The van der Waals surface area contributed by atoms with Crippen molar-refractivity contribution in [2.45, 2.75) is 13.3 Å². The van der Waals surface area contributed by atoms with E-state index in [2.05, 4.69) is 36.5 Å². The van der Waals surface area contributed by atoms with Crippen LogP contribution in [0.4, 0.5) is 15.9 Å². The molecular formula is C14H14BrFN4O. The molecule has 0 aliphatic rings. The molecule has 1 heterocycles. The lowest BCUT2D eigenvalue weighted by Gasteiger charge is -2.12. The number of carbonyl (C=O) groups excluding carboxylic acids is 1. The van der Waals surface area contributed by atoms with Crippen molar-refractivity contribution in [2.75, 3.05) is 17.2 Å². The van der Waals surface area contributed by atoms with Crippen LogP contribution in [0, 0.1) is 5.82 Å². The van der Waals surface area contributed by atoms with Gasteiger partial charge in [-0.1, -0.05) is 13.0 Å². The van der Waals surface area contributed by atoms with Crippen LogP contribution in [-0.4, -0.2) is 22.4 Å². The topological polar surface area (TPSA) is 66.9 Å². The average molecular weight is 353 g/mol. The normalized spacial score (nSPS) is 10.2. The highest BCUT2D eigenvalue weighted by atomic mass is 79.9. The Morgan fingerprint density at radius 1 is 1.33 bits per heavy atom. The molecule has 5 nitrogen and oxygen atoms in total. The number of hydrogen-bond acceptors (Lipinski definition) is 4. The number of carbonyl (C=O) groups is 1.